The third-order valence-electron chi connectivity index (χ3n) is 6.00. The predicted octanol–water partition coefficient (Wildman–Crippen LogP) is 4.57. The topological polar surface area (TPSA) is 110 Å². The van der Waals surface area contributed by atoms with Gasteiger partial charge in [0.1, 0.15) is 0 Å². The molecule has 3 aromatic rings. The fourth-order valence-corrected chi connectivity index (χ4v) is 4.32. The van der Waals surface area contributed by atoms with Crippen LogP contribution in [0, 0.1) is 17.0 Å². The van der Waals surface area contributed by atoms with E-state index in [1.165, 1.54) is 30.2 Å². The molecule has 0 saturated carbocycles. The standard InChI is InChI=1S/C25H21ClN2O6/c1-15-5-3-4-6-17(15)14-27-20-9-8-18(26)12-19(20)25(31,24(27)30)13-22(29)16-7-10-23(34-2)21(11-16)28(32)33/h3-12,31H,13-14H2,1-2H3/t25-/m0/s1. The molecule has 1 aliphatic rings. The van der Waals surface area contributed by atoms with Crippen LogP contribution < -0.4 is 9.64 Å². The van der Waals surface area contributed by atoms with Gasteiger partial charge in [-0.15, -0.1) is 0 Å². The Morgan fingerprint density at radius 2 is 1.91 bits per heavy atom. The summed E-state index contributed by atoms with van der Waals surface area (Å²) in [5.41, 5.74) is -0.0451. The molecule has 0 radical (unpaired) electrons. The molecule has 0 aliphatic carbocycles. The summed E-state index contributed by atoms with van der Waals surface area (Å²) >= 11 is 6.16. The summed E-state index contributed by atoms with van der Waals surface area (Å²) < 4.78 is 4.97. The third kappa shape index (κ3) is 4.02. The van der Waals surface area contributed by atoms with Crippen LogP contribution in [0.3, 0.4) is 0 Å². The number of hydrogen-bond donors (Lipinski definition) is 1. The number of halogens is 1. The summed E-state index contributed by atoms with van der Waals surface area (Å²) in [6, 6.07) is 16.0. The second-order valence-corrected chi connectivity index (χ2v) is 8.52. The van der Waals surface area contributed by atoms with Crippen molar-refractivity contribution in [3.05, 3.63) is 98.1 Å². The Bertz CT molecular complexity index is 1320. The first-order valence-electron chi connectivity index (χ1n) is 10.4. The minimum Gasteiger partial charge on any atom is -0.490 e. The van der Waals surface area contributed by atoms with Crippen molar-refractivity contribution in [1.82, 2.24) is 0 Å². The number of nitro groups is 1. The Morgan fingerprint density at radius 1 is 1.18 bits per heavy atom. The average Bonchev–Trinajstić information content (AvgIpc) is 3.01. The molecule has 1 N–H and O–H groups in total. The molecule has 0 unspecified atom stereocenters. The number of methoxy groups -OCH3 is 1. The lowest BCUT2D eigenvalue weighted by molar-refractivity contribution is -0.385. The minimum atomic E-state index is -2.17. The summed E-state index contributed by atoms with van der Waals surface area (Å²) in [5.74, 6) is -1.30. The number of carbonyl (C=O) groups is 2. The number of Topliss-reactive ketones (excluding diaryl/α,β-unsaturated/α-hetero) is 1. The Morgan fingerprint density at radius 3 is 2.59 bits per heavy atom. The van der Waals surface area contributed by atoms with Crippen LogP contribution in [0.15, 0.2) is 60.7 Å². The van der Waals surface area contributed by atoms with Crippen LogP contribution in [0.5, 0.6) is 5.75 Å². The van der Waals surface area contributed by atoms with Crippen molar-refractivity contribution in [2.75, 3.05) is 12.0 Å². The van der Waals surface area contributed by atoms with Gasteiger partial charge in [-0.3, -0.25) is 19.7 Å². The van der Waals surface area contributed by atoms with Gasteiger partial charge in [-0.05, 0) is 48.4 Å². The summed E-state index contributed by atoms with van der Waals surface area (Å²) in [5, 5.41) is 23.2. The Kier molecular flexibility index (Phi) is 6.12. The zero-order valence-electron chi connectivity index (χ0n) is 18.4. The lowest BCUT2D eigenvalue weighted by atomic mass is 9.88. The molecular weight excluding hydrogens is 460 g/mol. The number of carbonyl (C=O) groups excluding carboxylic acids is 2. The van der Waals surface area contributed by atoms with Gasteiger partial charge in [-0.2, -0.15) is 0 Å². The molecule has 0 aromatic heterocycles. The van der Waals surface area contributed by atoms with Crippen molar-refractivity contribution in [3.8, 4) is 5.75 Å². The number of amides is 1. The van der Waals surface area contributed by atoms with Crippen molar-refractivity contribution in [2.24, 2.45) is 0 Å². The van der Waals surface area contributed by atoms with E-state index in [0.717, 1.165) is 17.2 Å². The lowest BCUT2D eigenvalue weighted by Gasteiger charge is -2.23. The highest BCUT2D eigenvalue weighted by molar-refractivity contribution is 6.31. The number of benzene rings is 3. The van der Waals surface area contributed by atoms with Crippen LogP contribution in [0.25, 0.3) is 0 Å². The van der Waals surface area contributed by atoms with Crippen LogP contribution in [0.4, 0.5) is 11.4 Å². The summed E-state index contributed by atoms with van der Waals surface area (Å²) in [6.07, 6.45) is -0.604. The molecule has 1 aliphatic heterocycles. The zero-order chi connectivity index (χ0) is 24.6. The molecule has 174 valence electrons. The van der Waals surface area contributed by atoms with E-state index in [9.17, 15) is 24.8 Å². The van der Waals surface area contributed by atoms with Crippen LogP contribution in [0.2, 0.25) is 5.02 Å². The van der Waals surface area contributed by atoms with Gasteiger partial charge in [0, 0.05) is 22.2 Å². The SMILES string of the molecule is COc1ccc(C(=O)C[C@@]2(O)C(=O)N(Cc3ccccc3C)c3ccc(Cl)cc32)cc1[N+](=O)[O-]. The van der Waals surface area contributed by atoms with E-state index in [0.29, 0.717) is 10.7 Å². The number of hydrogen-bond acceptors (Lipinski definition) is 6. The summed E-state index contributed by atoms with van der Waals surface area (Å²) in [7, 11) is 1.29. The monoisotopic (exact) mass is 480 g/mol. The highest BCUT2D eigenvalue weighted by atomic mass is 35.5. The third-order valence-corrected chi connectivity index (χ3v) is 6.23. The van der Waals surface area contributed by atoms with Gasteiger partial charge in [0.05, 0.1) is 30.7 Å². The molecule has 1 heterocycles. The van der Waals surface area contributed by atoms with Crippen molar-refractivity contribution >= 4 is 34.7 Å². The number of ketones is 1. The Balaban J connectivity index is 1.72. The highest BCUT2D eigenvalue weighted by Gasteiger charge is 2.51. The van der Waals surface area contributed by atoms with Crippen molar-refractivity contribution in [2.45, 2.75) is 25.5 Å². The first-order chi connectivity index (χ1) is 16.2. The number of rotatable bonds is 7. The molecule has 8 nitrogen and oxygen atoms in total. The van der Waals surface area contributed by atoms with E-state index < -0.39 is 28.6 Å². The second kappa shape index (κ2) is 8.89. The Labute approximate surface area is 200 Å². The summed E-state index contributed by atoms with van der Waals surface area (Å²) in [4.78, 5) is 38.7. The predicted molar refractivity (Wildman–Crippen MR) is 126 cm³/mol. The number of fused-ring (bicyclic) bond motifs is 1. The number of anilines is 1. The molecule has 9 heteroatoms. The van der Waals surface area contributed by atoms with Crippen LogP contribution >= 0.6 is 11.6 Å². The molecule has 34 heavy (non-hydrogen) atoms. The Hall–Kier alpha value is -3.75. The fourth-order valence-electron chi connectivity index (χ4n) is 4.15. The van der Waals surface area contributed by atoms with Crippen LogP contribution in [0.1, 0.15) is 33.5 Å². The van der Waals surface area contributed by atoms with Gasteiger partial charge >= 0.3 is 5.69 Å². The fraction of sp³-hybridized carbons (Fsp3) is 0.200. The van der Waals surface area contributed by atoms with E-state index in [-0.39, 0.29) is 29.1 Å². The largest absolute Gasteiger partial charge is 0.490 e. The van der Waals surface area contributed by atoms with Crippen LogP contribution in [-0.2, 0) is 16.9 Å². The van der Waals surface area contributed by atoms with Gasteiger partial charge < -0.3 is 14.7 Å². The van der Waals surface area contributed by atoms with Gasteiger partial charge in [-0.1, -0.05) is 35.9 Å². The maximum atomic E-state index is 13.5. The molecule has 4 rings (SSSR count). The van der Waals surface area contributed by atoms with E-state index in [4.69, 9.17) is 16.3 Å². The number of aliphatic hydroxyl groups is 1. The molecule has 0 spiro atoms. The van der Waals surface area contributed by atoms with Gasteiger partial charge in [-0.25, -0.2) is 0 Å². The highest BCUT2D eigenvalue weighted by Crippen LogP contribution is 2.45. The number of aryl methyl sites for hydroxylation is 1. The van der Waals surface area contributed by atoms with E-state index in [1.54, 1.807) is 12.1 Å². The molecule has 3 aromatic carbocycles. The van der Waals surface area contributed by atoms with Gasteiger partial charge in [0.15, 0.2) is 17.1 Å². The van der Waals surface area contributed by atoms with E-state index >= 15 is 0 Å². The maximum Gasteiger partial charge on any atom is 0.311 e. The molecule has 1 atom stereocenters. The lowest BCUT2D eigenvalue weighted by Crippen LogP contribution is -2.41. The minimum absolute atomic E-state index is 0.00117. The number of nitro benzene ring substituents is 1. The van der Waals surface area contributed by atoms with Crippen molar-refractivity contribution in [1.29, 1.82) is 0 Å². The smallest absolute Gasteiger partial charge is 0.311 e. The normalized spacial score (nSPS) is 16.9. The second-order valence-electron chi connectivity index (χ2n) is 8.08. The first kappa shape index (κ1) is 23.4. The molecule has 0 bridgehead atoms. The van der Waals surface area contributed by atoms with Crippen molar-refractivity contribution < 1.29 is 24.4 Å². The zero-order valence-corrected chi connectivity index (χ0v) is 19.2. The van der Waals surface area contributed by atoms with E-state index in [1.807, 2.05) is 31.2 Å². The van der Waals surface area contributed by atoms with Crippen molar-refractivity contribution in [3.63, 3.8) is 0 Å². The maximum absolute atomic E-state index is 13.5. The molecular formula is C25H21ClN2O6. The quantitative estimate of drug-likeness (QED) is 0.301. The number of ether oxygens (including phenoxy) is 1. The van der Waals surface area contributed by atoms with Crippen LogP contribution in [-0.4, -0.2) is 28.8 Å². The first-order valence-corrected chi connectivity index (χ1v) is 10.8. The molecule has 0 saturated heterocycles. The van der Waals surface area contributed by atoms with Gasteiger partial charge in [0.25, 0.3) is 5.91 Å². The molecule has 1 amide bonds. The molecule has 0 fully saturated rings. The number of nitrogens with zero attached hydrogens (tertiary/aromatic N) is 2. The summed E-state index contributed by atoms with van der Waals surface area (Å²) in [6.45, 7) is 2.12. The van der Waals surface area contributed by atoms with Gasteiger partial charge in [0.2, 0.25) is 0 Å². The average molecular weight is 481 g/mol. The van der Waals surface area contributed by atoms with E-state index in [2.05, 4.69) is 0 Å².